The Balaban J connectivity index is 0.00000484. The van der Waals surface area contributed by atoms with Crippen molar-refractivity contribution in [3.8, 4) is 11.5 Å². The Labute approximate surface area is 257 Å². The molecule has 2 amide bonds. The molecule has 4 rings (SSSR count). The number of fused-ring (bicyclic) bond motifs is 1. The highest BCUT2D eigenvalue weighted by molar-refractivity contribution is 8.18. The molecule has 2 aliphatic rings. The fourth-order valence-corrected chi connectivity index (χ4v) is 5.51. The molecule has 222 valence electrons. The van der Waals surface area contributed by atoms with Crippen LogP contribution in [0.1, 0.15) is 29.8 Å². The summed E-state index contributed by atoms with van der Waals surface area (Å²) in [6.07, 6.45) is 1.40. The number of hydrogen-bond acceptors (Lipinski definition) is 10. The highest BCUT2D eigenvalue weighted by Crippen LogP contribution is 2.39. The molecular formula is C29H29BrN3O8S-. The Bertz CT molecular complexity index is 1490. The SMILES string of the molecule is CCOC(=O)C1=C(C)N=C2SC(C(=O)Nc3ccc(C(=O)OC)cc3)=CC(=O)N2C1Cc1cccc(OC)c1OC.[Br-]. The highest BCUT2D eigenvalue weighted by atomic mass is 79.9. The van der Waals surface area contributed by atoms with Crippen LogP contribution in [0.2, 0.25) is 0 Å². The van der Waals surface area contributed by atoms with Gasteiger partial charge in [-0.3, -0.25) is 14.5 Å². The molecule has 0 aliphatic carbocycles. The second-order valence-electron chi connectivity index (χ2n) is 8.83. The molecule has 2 aliphatic heterocycles. The Morgan fingerprint density at radius 1 is 1.02 bits per heavy atom. The van der Waals surface area contributed by atoms with Gasteiger partial charge >= 0.3 is 11.9 Å². The van der Waals surface area contributed by atoms with E-state index in [2.05, 4.69) is 15.0 Å². The van der Waals surface area contributed by atoms with Crippen molar-refractivity contribution in [2.45, 2.75) is 26.3 Å². The van der Waals surface area contributed by atoms with Gasteiger partial charge in [-0.1, -0.05) is 12.1 Å². The molecule has 0 saturated carbocycles. The van der Waals surface area contributed by atoms with Crippen molar-refractivity contribution in [2.75, 3.05) is 33.3 Å². The predicted molar refractivity (Wildman–Crippen MR) is 153 cm³/mol. The molecule has 0 saturated heterocycles. The van der Waals surface area contributed by atoms with Crippen molar-refractivity contribution in [2.24, 2.45) is 4.99 Å². The van der Waals surface area contributed by atoms with Crippen LogP contribution in [-0.4, -0.2) is 67.8 Å². The van der Waals surface area contributed by atoms with E-state index in [0.717, 1.165) is 11.8 Å². The van der Waals surface area contributed by atoms with Crippen molar-refractivity contribution in [1.29, 1.82) is 0 Å². The maximum atomic E-state index is 13.6. The zero-order chi connectivity index (χ0) is 29.7. The van der Waals surface area contributed by atoms with Crippen LogP contribution in [0.3, 0.4) is 0 Å². The van der Waals surface area contributed by atoms with Crippen molar-refractivity contribution in [3.63, 3.8) is 0 Å². The largest absolute Gasteiger partial charge is 1.00 e. The Morgan fingerprint density at radius 3 is 2.36 bits per heavy atom. The van der Waals surface area contributed by atoms with E-state index in [-0.39, 0.29) is 45.7 Å². The number of amides is 2. The first-order chi connectivity index (χ1) is 19.7. The second-order valence-corrected chi connectivity index (χ2v) is 9.84. The number of nitrogens with zero attached hydrogens (tertiary/aromatic N) is 2. The number of carbonyl (C=O) groups is 4. The van der Waals surface area contributed by atoms with Gasteiger partial charge in [-0.2, -0.15) is 0 Å². The zero-order valence-electron chi connectivity index (χ0n) is 23.6. The number of carbonyl (C=O) groups excluding carboxylic acids is 4. The predicted octanol–water partition coefficient (Wildman–Crippen LogP) is 0.710. The molecule has 0 bridgehead atoms. The van der Waals surface area contributed by atoms with Crippen LogP contribution in [-0.2, 0) is 30.3 Å². The lowest BCUT2D eigenvalue weighted by Crippen LogP contribution is -3.00. The van der Waals surface area contributed by atoms with Gasteiger partial charge in [-0.05, 0) is 55.9 Å². The number of aliphatic imine (C=N–C) groups is 1. The van der Waals surface area contributed by atoms with E-state index in [1.807, 2.05) is 6.07 Å². The van der Waals surface area contributed by atoms with Crippen LogP contribution >= 0.6 is 11.8 Å². The number of rotatable bonds is 9. The molecule has 1 unspecified atom stereocenters. The lowest BCUT2D eigenvalue weighted by molar-refractivity contribution is -0.139. The number of benzene rings is 2. The smallest absolute Gasteiger partial charge is 0.337 e. The van der Waals surface area contributed by atoms with Gasteiger partial charge in [0.2, 0.25) is 0 Å². The number of ether oxygens (including phenoxy) is 4. The highest BCUT2D eigenvalue weighted by Gasteiger charge is 2.42. The fourth-order valence-electron chi connectivity index (χ4n) is 4.51. The molecule has 0 radical (unpaired) electrons. The molecule has 13 heteroatoms. The molecule has 42 heavy (non-hydrogen) atoms. The average molecular weight is 660 g/mol. The monoisotopic (exact) mass is 658 g/mol. The van der Waals surface area contributed by atoms with E-state index >= 15 is 0 Å². The van der Waals surface area contributed by atoms with E-state index in [1.54, 1.807) is 38.1 Å². The first-order valence-corrected chi connectivity index (χ1v) is 13.4. The summed E-state index contributed by atoms with van der Waals surface area (Å²) in [7, 11) is 4.32. The number of allylic oxidation sites excluding steroid dienone is 1. The molecule has 1 N–H and O–H groups in total. The molecular weight excluding hydrogens is 630 g/mol. The van der Waals surface area contributed by atoms with Gasteiger partial charge in [0.05, 0.1) is 55.7 Å². The Hall–Kier alpha value is -4.10. The van der Waals surface area contributed by atoms with Crippen molar-refractivity contribution in [3.05, 3.63) is 75.8 Å². The minimum Gasteiger partial charge on any atom is -1.00 e. The van der Waals surface area contributed by atoms with Gasteiger partial charge in [0.1, 0.15) is 0 Å². The quantitative estimate of drug-likeness (QED) is 0.387. The molecule has 1 atom stereocenters. The maximum Gasteiger partial charge on any atom is 0.337 e. The number of para-hydroxylation sites is 1. The van der Waals surface area contributed by atoms with Crippen LogP contribution in [0.4, 0.5) is 5.69 Å². The number of methoxy groups -OCH3 is 3. The molecule has 2 aromatic carbocycles. The lowest BCUT2D eigenvalue weighted by Gasteiger charge is -2.38. The number of halogens is 1. The number of thioether (sulfide) groups is 1. The minimum absolute atomic E-state index is 0. The van der Waals surface area contributed by atoms with E-state index < -0.39 is 29.8 Å². The first kappa shape index (κ1) is 32.4. The van der Waals surface area contributed by atoms with Crippen LogP contribution in [0.15, 0.2) is 69.7 Å². The first-order valence-electron chi connectivity index (χ1n) is 12.6. The standard InChI is InChI=1S/C29H29N3O8S.BrH/c1-6-40-28(36)24-16(2)30-29-32(20(24)14-18-8-7-9-21(37-3)25(18)38-4)23(33)15-22(41-29)26(34)31-19-12-10-17(11-13-19)27(35)39-5;/h7-13,15,20H,6,14H2,1-5H3,(H,31,34);1H/p-1. The molecule has 0 fully saturated rings. The summed E-state index contributed by atoms with van der Waals surface area (Å²) in [6.45, 7) is 3.51. The normalized spacial score (nSPS) is 15.9. The van der Waals surface area contributed by atoms with Crippen LogP contribution in [0.25, 0.3) is 0 Å². The molecule has 0 aromatic heterocycles. The average Bonchev–Trinajstić information content (AvgIpc) is 2.96. The third kappa shape index (κ3) is 6.68. The van der Waals surface area contributed by atoms with Crippen LogP contribution < -0.4 is 31.8 Å². The summed E-state index contributed by atoms with van der Waals surface area (Å²) >= 11 is 1.01. The number of esters is 2. The van der Waals surface area contributed by atoms with Crippen molar-refractivity contribution < 1.29 is 55.1 Å². The van der Waals surface area contributed by atoms with Crippen LogP contribution in [0, 0.1) is 0 Å². The van der Waals surface area contributed by atoms with Gasteiger partial charge < -0.3 is 41.2 Å². The van der Waals surface area contributed by atoms with Gasteiger partial charge in [0.25, 0.3) is 11.8 Å². The van der Waals surface area contributed by atoms with E-state index in [4.69, 9.17) is 14.2 Å². The third-order valence-electron chi connectivity index (χ3n) is 6.38. The van der Waals surface area contributed by atoms with Crippen molar-refractivity contribution >= 4 is 46.4 Å². The van der Waals surface area contributed by atoms with Gasteiger partial charge in [-0.25, -0.2) is 14.6 Å². The Kier molecular flexibility index (Phi) is 10.9. The summed E-state index contributed by atoms with van der Waals surface area (Å²) in [5, 5.41) is 2.97. The van der Waals surface area contributed by atoms with E-state index in [0.29, 0.717) is 34.0 Å². The minimum atomic E-state index is -0.783. The summed E-state index contributed by atoms with van der Waals surface area (Å²) in [4.78, 5) is 57.4. The van der Waals surface area contributed by atoms with E-state index in [1.165, 1.54) is 44.4 Å². The van der Waals surface area contributed by atoms with Crippen molar-refractivity contribution in [1.82, 2.24) is 4.90 Å². The number of nitrogens with one attached hydrogen (secondary N) is 1. The van der Waals surface area contributed by atoms with Gasteiger partial charge in [0, 0.05) is 23.7 Å². The summed E-state index contributed by atoms with van der Waals surface area (Å²) < 4.78 is 21.0. The topological polar surface area (TPSA) is 133 Å². The van der Waals surface area contributed by atoms with Gasteiger partial charge in [-0.15, -0.1) is 0 Å². The maximum absolute atomic E-state index is 13.6. The lowest BCUT2D eigenvalue weighted by atomic mass is 9.94. The summed E-state index contributed by atoms with van der Waals surface area (Å²) in [6, 6.07) is 10.7. The second kappa shape index (κ2) is 14.2. The molecule has 11 nitrogen and oxygen atoms in total. The van der Waals surface area contributed by atoms with Gasteiger partial charge in [0.15, 0.2) is 16.7 Å². The molecule has 2 heterocycles. The Morgan fingerprint density at radius 2 is 1.74 bits per heavy atom. The molecule has 2 aromatic rings. The third-order valence-corrected chi connectivity index (χ3v) is 7.37. The fraction of sp³-hybridized carbons (Fsp3) is 0.276. The zero-order valence-corrected chi connectivity index (χ0v) is 26.0. The number of hydrogen-bond donors (Lipinski definition) is 1. The van der Waals surface area contributed by atoms with Crippen LogP contribution in [0.5, 0.6) is 11.5 Å². The molecule has 0 spiro atoms. The number of anilines is 1. The summed E-state index contributed by atoms with van der Waals surface area (Å²) in [5.74, 6) is -1.14. The van der Waals surface area contributed by atoms with E-state index in [9.17, 15) is 19.2 Å². The summed E-state index contributed by atoms with van der Waals surface area (Å²) in [5.41, 5.74) is 2.07. The number of amidine groups is 1.